The molecule has 1 aliphatic carbocycles. The van der Waals surface area contributed by atoms with Crippen molar-refractivity contribution in [2.24, 2.45) is 0 Å². The van der Waals surface area contributed by atoms with Crippen molar-refractivity contribution >= 4 is 0 Å². The number of nitriles is 1. The monoisotopic (exact) mass is 201 g/mol. The first kappa shape index (κ1) is 10.0. The van der Waals surface area contributed by atoms with Gasteiger partial charge < -0.3 is 4.74 Å². The van der Waals surface area contributed by atoms with E-state index in [9.17, 15) is 0 Å². The summed E-state index contributed by atoms with van der Waals surface area (Å²) < 4.78 is 5.96. The molecule has 2 rings (SSSR count). The van der Waals surface area contributed by atoms with Crippen LogP contribution in [0.2, 0.25) is 0 Å². The number of nitrogens with zero attached hydrogens (tertiary/aromatic N) is 1. The number of rotatable bonds is 2. The van der Waals surface area contributed by atoms with Gasteiger partial charge in [-0.3, -0.25) is 0 Å². The fourth-order valence-corrected chi connectivity index (χ4v) is 2.14. The molecule has 0 aliphatic heterocycles. The van der Waals surface area contributed by atoms with Crippen LogP contribution in [0, 0.1) is 11.3 Å². The zero-order chi connectivity index (χ0) is 10.7. The average Bonchev–Trinajstić information content (AvgIpc) is 2.66. The lowest BCUT2D eigenvalue weighted by Crippen LogP contribution is -2.28. The summed E-state index contributed by atoms with van der Waals surface area (Å²) in [5.74, 6) is 0.726. The molecule has 0 unspecified atom stereocenters. The third-order valence-electron chi connectivity index (χ3n) is 3.03. The van der Waals surface area contributed by atoms with Crippen LogP contribution in [0.25, 0.3) is 0 Å². The molecule has 0 atom stereocenters. The number of ether oxygens (including phenoxy) is 1. The van der Waals surface area contributed by atoms with Crippen LogP contribution in [0.15, 0.2) is 24.3 Å². The fourth-order valence-electron chi connectivity index (χ4n) is 2.14. The quantitative estimate of drug-likeness (QED) is 0.735. The topological polar surface area (TPSA) is 33.0 Å². The number of benzene rings is 1. The number of hydrogen-bond donors (Lipinski definition) is 0. The van der Waals surface area contributed by atoms with Crippen molar-refractivity contribution in [1.29, 1.82) is 5.26 Å². The Hall–Kier alpha value is -1.49. The van der Waals surface area contributed by atoms with Gasteiger partial charge in [-0.2, -0.15) is 5.26 Å². The fraction of sp³-hybridized carbons (Fsp3) is 0.462. The second-order valence-electron chi connectivity index (χ2n) is 4.37. The van der Waals surface area contributed by atoms with Crippen molar-refractivity contribution in [2.75, 3.05) is 0 Å². The van der Waals surface area contributed by atoms with E-state index in [4.69, 9.17) is 10.00 Å². The van der Waals surface area contributed by atoms with Crippen LogP contribution < -0.4 is 4.74 Å². The Balaban J connectivity index is 2.20. The van der Waals surface area contributed by atoms with Crippen molar-refractivity contribution in [3.05, 3.63) is 29.8 Å². The van der Waals surface area contributed by atoms with Crippen LogP contribution >= 0.6 is 0 Å². The summed E-state index contributed by atoms with van der Waals surface area (Å²) in [5, 5.41) is 8.95. The first-order valence-corrected chi connectivity index (χ1v) is 5.42. The highest BCUT2D eigenvalue weighted by Gasteiger charge is 2.31. The van der Waals surface area contributed by atoms with Gasteiger partial charge >= 0.3 is 0 Å². The van der Waals surface area contributed by atoms with Gasteiger partial charge in [0.25, 0.3) is 0 Å². The summed E-state index contributed by atoms with van der Waals surface area (Å²) in [7, 11) is 0. The van der Waals surface area contributed by atoms with E-state index in [1.807, 2.05) is 18.2 Å². The van der Waals surface area contributed by atoms with Crippen LogP contribution in [0.3, 0.4) is 0 Å². The van der Waals surface area contributed by atoms with Gasteiger partial charge in [-0.15, -0.1) is 0 Å². The lowest BCUT2D eigenvalue weighted by molar-refractivity contribution is 0.0964. The Morgan fingerprint density at radius 1 is 1.27 bits per heavy atom. The van der Waals surface area contributed by atoms with Gasteiger partial charge in [0.1, 0.15) is 17.4 Å². The van der Waals surface area contributed by atoms with Crippen molar-refractivity contribution in [1.82, 2.24) is 0 Å². The van der Waals surface area contributed by atoms with Gasteiger partial charge in [-0.1, -0.05) is 12.1 Å². The molecule has 1 aromatic rings. The molecule has 0 heterocycles. The van der Waals surface area contributed by atoms with E-state index in [-0.39, 0.29) is 5.60 Å². The maximum absolute atomic E-state index is 8.95. The molecule has 1 aliphatic rings. The molecule has 0 aromatic heterocycles. The summed E-state index contributed by atoms with van der Waals surface area (Å²) in [4.78, 5) is 0. The van der Waals surface area contributed by atoms with E-state index in [1.54, 1.807) is 6.07 Å². The molecule has 1 saturated carbocycles. The smallest absolute Gasteiger partial charge is 0.137 e. The summed E-state index contributed by atoms with van der Waals surface area (Å²) in [6, 6.07) is 9.61. The molecule has 0 amide bonds. The summed E-state index contributed by atoms with van der Waals surface area (Å²) >= 11 is 0. The second kappa shape index (κ2) is 3.94. The molecule has 0 radical (unpaired) electrons. The minimum absolute atomic E-state index is 0.0625. The maximum Gasteiger partial charge on any atom is 0.137 e. The van der Waals surface area contributed by atoms with Crippen molar-refractivity contribution in [3.8, 4) is 11.8 Å². The van der Waals surface area contributed by atoms with Crippen molar-refractivity contribution in [2.45, 2.75) is 38.2 Å². The molecule has 1 fully saturated rings. The standard InChI is InChI=1S/C13H15NO/c1-13(8-4-5-9-13)15-12-7-3-2-6-11(12)10-14/h2-3,6-7H,4-5,8-9H2,1H3. The van der Waals surface area contributed by atoms with Gasteiger partial charge in [-0.05, 0) is 44.7 Å². The summed E-state index contributed by atoms with van der Waals surface area (Å²) in [6.07, 6.45) is 4.63. The van der Waals surface area contributed by atoms with Crippen molar-refractivity contribution in [3.63, 3.8) is 0 Å². The first-order chi connectivity index (χ1) is 7.23. The van der Waals surface area contributed by atoms with Gasteiger partial charge in [0.15, 0.2) is 0 Å². The maximum atomic E-state index is 8.95. The Morgan fingerprint density at radius 3 is 2.60 bits per heavy atom. The highest BCUT2D eigenvalue weighted by Crippen LogP contribution is 2.34. The Bertz CT molecular complexity index is 386. The van der Waals surface area contributed by atoms with E-state index in [2.05, 4.69) is 13.0 Å². The van der Waals surface area contributed by atoms with E-state index in [1.165, 1.54) is 12.8 Å². The predicted molar refractivity (Wildman–Crippen MR) is 58.7 cm³/mol. The summed E-state index contributed by atoms with van der Waals surface area (Å²) in [5.41, 5.74) is 0.568. The molecule has 15 heavy (non-hydrogen) atoms. The molecule has 78 valence electrons. The molecule has 1 aromatic carbocycles. The van der Waals surface area contributed by atoms with Crippen LogP contribution in [-0.2, 0) is 0 Å². The SMILES string of the molecule is CC1(Oc2ccccc2C#N)CCCC1. The molecular weight excluding hydrogens is 186 g/mol. The number of para-hydroxylation sites is 1. The first-order valence-electron chi connectivity index (χ1n) is 5.42. The lowest BCUT2D eigenvalue weighted by Gasteiger charge is -2.26. The molecule has 0 N–H and O–H groups in total. The van der Waals surface area contributed by atoms with Crippen LogP contribution in [0.5, 0.6) is 5.75 Å². The Morgan fingerprint density at radius 2 is 1.93 bits per heavy atom. The van der Waals surface area contributed by atoms with E-state index >= 15 is 0 Å². The van der Waals surface area contributed by atoms with E-state index in [0.717, 1.165) is 18.6 Å². The highest BCUT2D eigenvalue weighted by molar-refractivity contribution is 5.42. The Kier molecular flexibility index (Phi) is 2.64. The largest absolute Gasteiger partial charge is 0.486 e. The van der Waals surface area contributed by atoms with Gasteiger partial charge in [-0.25, -0.2) is 0 Å². The second-order valence-corrected chi connectivity index (χ2v) is 4.37. The summed E-state index contributed by atoms with van der Waals surface area (Å²) in [6.45, 7) is 2.13. The minimum atomic E-state index is -0.0625. The molecule has 0 spiro atoms. The zero-order valence-electron chi connectivity index (χ0n) is 8.99. The van der Waals surface area contributed by atoms with Gasteiger partial charge in [0.05, 0.1) is 5.56 Å². The molecule has 0 bridgehead atoms. The minimum Gasteiger partial charge on any atom is -0.486 e. The van der Waals surface area contributed by atoms with E-state index < -0.39 is 0 Å². The zero-order valence-corrected chi connectivity index (χ0v) is 8.99. The Labute approximate surface area is 90.5 Å². The van der Waals surface area contributed by atoms with E-state index in [0.29, 0.717) is 5.56 Å². The molecule has 2 heteroatoms. The van der Waals surface area contributed by atoms with Crippen LogP contribution in [-0.4, -0.2) is 5.60 Å². The van der Waals surface area contributed by atoms with Gasteiger partial charge in [0, 0.05) is 0 Å². The third-order valence-corrected chi connectivity index (χ3v) is 3.03. The molecule has 0 saturated heterocycles. The average molecular weight is 201 g/mol. The van der Waals surface area contributed by atoms with Crippen LogP contribution in [0.4, 0.5) is 0 Å². The molecule has 2 nitrogen and oxygen atoms in total. The lowest BCUT2D eigenvalue weighted by atomic mass is 10.1. The van der Waals surface area contributed by atoms with Crippen LogP contribution in [0.1, 0.15) is 38.2 Å². The number of hydrogen-bond acceptors (Lipinski definition) is 2. The normalized spacial score (nSPS) is 18.4. The highest BCUT2D eigenvalue weighted by atomic mass is 16.5. The predicted octanol–water partition coefficient (Wildman–Crippen LogP) is 3.27. The van der Waals surface area contributed by atoms with Crippen molar-refractivity contribution < 1.29 is 4.74 Å². The molecular formula is C13H15NO. The van der Waals surface area contributed by atoms with Gasteiger partial charge in [0.2, 0.25) is 0 Å². The third kappa shape index (κ3) is 2.12.